The van der Waals surface area contributed by atoms with Crippen molar-refractivity contribution in [3.05, 3.63) is 35.9 Å². The van der Waals surface area contributed by atoms with E-state index >= 15 is 0 Å². The maximum atomic E-state index is 12.4. The molecular formula is C17H21NO3. The van der Waals surface area contributed by atoms with Gasteiger partial charge in [0.25, 0.3) is 0 Å². The summed E-state index contributed by atoms with van der Waals surface area (Å²) in [5, 5.41) is 9.78. The van der Waals surface area contributed by atoms with Gasteiger partial charge in [0.2, 0.25) is 0 Å². The van der Waals surface area contributed by atoms with Crippen LogP contribution in [0.15, 0.2) is 30.3 Å². The summed E-state index contributed by atoms with van der Waals surface area (Å²) in [7, 11) is 1.27. The maximum absolute atomic E-state index is 12.4. The Kier molecular flexibility index (Phi) is 6.10. The average Bonchev–Trinajstić information content (AvgIpc) is 2.49. The van der Waals surface area contributed by atoms with Crippen molar-refractivity contribution in [2.75, 3.05) is 7.11 Å². The quantitative estimate of drug-likeness (QED) is 0.723. The molecule has 0 radical (unpaired) electrons. The van der Waals surface area contributed by atoms with Gasteiger partial charge in [0, 0.05) is 6.42 Å². The number of ether oxygens (including phenoxy) is 1. The largest absolute Gasteiger partial charge is 0.468 e. The van der Waals surface area contributed by atoms with E-state index in [-0.39, 0.29) is 18.1 Å². The Morgan fingerprint density at radius 2 is 1.95 bits per heavy atom. The number of rotatable bonds is 7. The van der Waals surface area contributed by atoms with Gasteiger partial charge in [-0.15, -0.1) is 0 Å². The van der Waals surface area contributed by atoms with E-state index in [9.17, 15) is 14.9 Å². The van der Waals surface area contributed by atoms with Crippen molar-refractivity contribution >= 4 is 11.8 Å². The van der Waals surface area contributed by atoms with Gasteiger partial charge in [0.05, 0.1) is 13.2 Å². The Balaban J connectivity index is 3.45. The van der Waals surface area contributed by atoms with Gasteiger partial charge in [0.1, 0.15) is 5.78 Å². The van der Waals surface area contributed by atoms with E-state index in [2.05, 4.69) is 6.07 Å². The molecule has 0 aliphatic carbocycles. The van der Waals surface area contributed by atoms with Gasteiger partial charge in [-0.1, -0.05) is 43.7 Å². The van der Waals surface area contributed by atoms with E-state index in [4.69, 9.17) is 4.74 Å². The van der Waals surface area contributed by atoms with Crippen LogP contribution in [-0.4, -0.2) is 18.9 Å². The molecule has 0 N–H and O–H groups in total. The van der Waals surface area contributed by atoms with Crippen LogP contribution in [0.5, 0.6) is 0 Å². The number of esters is 1. The van der Waals surface area contributed by atoms with Crippen molar-refractivity contribution in [2.24, 2.45) is 5.92 Å². The van der Waals surface area contributed by atoms with Gasteiger partial charge < -0.3 is 9.53 Å². The molecule has 0 aromatic heterocycles. The lowest BCUT2D eigenvalue weighted by molar-refractivity contribution is -0.147. The van der Waals surface area contributed by atoms with Crippen molar-refractivity contribution in [3.8, 4) is 6.07 Å². The van der Waals surface area contributed by atoms with Crippen LogP contribution in [0.2, 0.25) is 0 Å². The Labute approximate surface area is 125 Å². The molecule has 4 heteroatoms. The van der Waals surface area contributed by atoms with Crippen LogP contribution in [0.25, 0.3) is 0 Å². The first-order valence-corrected chi connectivity index (χ1v) is 7.07. The van der Waals surface area contributed by atoms with Crippen molar-refractivity contribution in [1.29, 1.82) is 5.26 Å². The second-order valence-electron chi connectivity index (χ2n) is 5.17. The predicted molar refractivity (Wildman–Crippen MR) is 79.4 cm³/mol. The summed E-state index contributed by atoms with van der Waals surface area (Å²) >= 11 is 0. The minimum Gasteiger partial charge on any atom is -0.468 e. The molecule has 0 bridgehead atoms. The topological polar surface area (TPSA) is 67.2 Å². The molecule has 0 spiro atoms. The first kappa shape index (κ1) is 16.9. The molecule has 0 aliphatic heterocycles. The summed E-state index contributed by atoms with van der Waals surface area (Å²) in [6, 6.07) is 11.0. The molecule has 0 saturated heterocycles. The summed E-state index contributed by atoms with van der Waals surface area (Å²) in [4.78, 5) is 24.0. The monoisotopic (exact) mass is 287 g/mol. The summed E-state index contributed by atoms with van der Waals surface area (Å²) in [6.45, 7) is 3.45. The lowest BCUT2D eigenvalue weighted by Crippen LogP contribution is -2.43. The zero-order valence-corrected chi connectivity index (χ0v) is 12.8. The number of ketones is 1. The van der Waals surface area contributed by atoms with E-state index in [1.807, 2.05) is 13.0 Å². The molecule has 1 aromatic carbocycles. The second kappa shape index (κ2) is 7.58. The van der Waals surface area contributed by atoms with Crippen LogP contribution < -0.4 is 0 Å². The predicted octanol–water partition coefficient (Wildman–Crippen LogP) is 3.02. The fourth-order valence-corrected chi connectivity index (χ4v) is 2.75. The number of hydrogen-bond donors (Lipinski definition) is 0. The number of methoxy groups -OCH3 is 1. The number of hydrogen-bond acceptors (Lipinski definition) is 4. The van der Waals surface area contributed by atoms with Crippen molar-refractivity contribution < 1.29 is 14.3 Å². The third kappa shape index (κ3) is 3.49. The lowest BCUT2D eigenvalue weighted by atomic mass is 9.67. The van der Waals surface area contributed by atoms with Gasteiger partial charge in [-0.3, -0.25) is 0 Å². The Hall–Kier alpha value is -2.15. The van der Waals surface area contributed by atoms with Crippen LogP contribution in [0, 0.1) is 17.2 Å². The fraction of sp³-hybridized carbons (Fsp3) is 0.471. The first-order chi connectivity index (χ1) is 10.0. The average molecular weight is 287 g/mol. The van der Waals surface area contributed by atoms with Crippen LogP contribution in [0.1, 0.15) is 38.7 Å². The highest BCUT2D eigenvalue weighted by atomic mass is 16.5. The smallest absolute Gasteiger partial charge is 0.331 e. The fourth-order valence-electron chi connectivity index (χ4n) is 2.75. The molecule has 2 atom stereocenters. The van der Waals surface area contributed by atoms with Crippen molar-refractivity contribution in [1.82, 2.24) is 0 Å². The first-order valence-electron chi connectivity index (χ1n) is 7.07. The van der Waals surface area contributed by atoms with Crippen LogP contribution >= 0.6 is 0 Å². The highest BCUT2D eigenvalue weighted by Crippen LogP contribution is 2.38. The second-order valence-corrected chi connectivity index (χ2v) is 5.17. The van der Waals surface area contributed by atoms with Crippen molar-refractivity contribution in [2.45, 2.75) is 38.5 Å². The van der Waals surface area contributed by atoms with E-state index in [1.165, 1.54) is 14.0 Å². The van der Waals surface area contributed by atoms with Gasteiger partial charge in [-0.05, 0) is 24.8 Å². The standard InChI is InChI=1S/C17H21NO3/c1-4-8-15(11-13(2)19)17(12-18,16(20)21-3)14-9-6-5-7-10-14/h5-7,9-10,15H,4,8,11H2,1-3H3/t15-,17+/m1/s1. The number of Topliss-reactive ketones (excluding diaryl/α,β-unsaturated/α-hetero) is 1. The zero-order valence-electron chi connectivity index (χ0n) is 12.8. The number of nitriles is 1. The minimum absolute atomic E-state index is 0.0343. The van der Waals surface area contributed by atoms with Crippen LogP contribution in [0.4, 0.5) is 0 Å². The molecule has 0 unspecified atom stereocenters. The molecule has 0 saturated carbocycles. The Morgan fingerprint density at radius 3 is 2.38 bits per heavy atom. The maximum Gasteiger partial charge on any atom is 0.331 e. The molecule has 112 valence electrons. The SMILES string of the molecule is CCC[C@H](CC(C)=O)[C@@](C#N)(C(=O)OC)c1ccccc1. The molecule has 0 aliphatic rings. The van der Waals surface area contributed by atoms with E-state index in [1.54, 1.807) is 24.3 Å². The normalized spacial score (nSPS) is 14.6. The van der Waals surface area contributed by atoms with Crippen LogP contribution in [-0.2, 0) is 19.7 Å². The molecule has 0 heterocycles. The van der Waals surface area contributed by atoms with Crippen LogP contribution in [0.3, 0.4) is 0 Å². The summed E-state index contributed by atoms with van der Waals surface area (Å²) in [5.74, 6) is -1.02. The van der Waals surface area contributed by atoms with E-state index < -0.39 is 11.4 Å². The molecule has 1 aromatic rings. The third-order valence-electron chi connectivity index (χ3n) is 3.70. The lowest BCUT2D eigenvalue weighted by Gasteiger charge is -2.32. The Bertz CT molecular complexity index is 533. The third-order valence-corrected chi connectivity index (χ3v) is 3.70. The number of nitrogens with zero attached hydrogens (tertiary/aromatic N) is 1. The summed E-state index contributed by atoms with van der Waals surface area (Å²) in [6.07, 6.45) is 1.58. The number of benzene rings is 1. The van der Waals surface area contributed by atoms with E-state index in [0.717, 1.165) is 6.42 Å². The number of carbonyl (C=O) groups excluding carboxylic acids is 2. The van der Waals surface area contributed by atoms with Crippen molar-refractivity contribution in [3.63, 3.8) is 0 Å². The van der Waals surface area contributed by atoms with Gasteiger partial charge in [-0.25, -0.2) is 4.79 Å². The summed E-state index contributed by atoms with van der Waals surface area (Å²) < 4.78 is 4.90. The van der Waals surface area contributed by atoms with E-state index in [0.29, 0.717) is 12.0 Å². The van der Waals surface area contributed by atoms with Gasteiger partial charge >= 0.3 is 5.97 Å². The molecule has 1 rings (SSSR count). The molecular weight excluding hydrogens is 266 g/mol. The summed E-state index contributed by atoms with van der Waals surface area (Å²) in [5.41, 5.74) is -0.850. The molecule has 21 heavy (non-hydrogen) atoms. The molecule has 0 amide bonds. The zero-order chi connectivity index (χ0) is 15.9. The molecule has 4 nitrogen and oxygen atoms in total. The highest BCUT2D eigenvalue weighted by molar-refractivity contribution is 5.88. The highest BCUT2D eigenvalue weighted by Gasteiger charge is 2.48. The number of carbonyl (C=O) groups is 2. The van der Waals surface area contributed by atoms with Gasteiger partial charge in [-0.2, -0.15) is 5.26 Å². The molecule has 0 fully saturated rings. The Morgan fingerprint density at radius 1 is 1.33 bits per heavy atom. The minimum atomic E-state index is -1.43. The van der Waals surface area contributed by atoms with Gasteiger partial charge in [0.15, 0.2) is 5.41 Å².